The molecule has 1 aromatic carbocycles. The molecule has 0 saturated heterocycles. The molecular formula is C17H26IN3. The van der Waals surface area contributed by atoms with Crippen LogP contribution in [0.15, 0.2) is 48.0 Å². The molecule has 1 aliphatic carbocycles. The minimum absolute atomic E-state index is 0. The van der Waals surface area contributed by atoms with E-state index in [1.54, 1.807) is 0 Å². The zero-order chi connectivity index (χ0) is 14.3. The molecule has 21 heavy (non-hydrogen) atoms. The van der Waals surface area contributed by atoms with Crippen molar-refractivity contribution in [2.45, 2.75) is 26.2 Å². The van der Waals surface area contributed by atoms with Crippen LogP contribution in [-0.2, 0) is 6.42 Å². The first-order chi connectivity index (χ1) is 9.78. The first-order valence-corrected chi connectivity index (χ1v) is 7.45. The number of nitrogens with zero attached hydrogens (tertiary/aromatic N) is 1. The molecule has 0 unspecified atom stereocenters. The van der Waals surface area contributed by atoms with Gasteiger partial charge in [0.05, 0.1) is 0 Å². The largest absolute Gasteiger partial charge is 0.357 e. The Morgan fingerprint density at radius 1 is 1.29 bits per heavy atom. The predicted molar refractivity (Wildman–Crippen MR) is 101 cm³/mol. The van der Waals surface area contributed by atoms with E-state index in [-0.39, 0.29) is 24.0 Å². The predicted octanol–water partition coefficient (Wildman–Crippen LogP) is 3.37. The van der Waals surface area contributed by atoms with E-state index in [0.717, 1.165) is 32.0 Å². The van der Waals surface area contributed by atoms with Gasteiger partial charge < -0.3 is 10.6 Å². The molecule has 1 saturated carbocycles. The highest BCUT2D eigenvalue weighted by atomic mass is 127. The first-order valence-electron chi connectivity index (χ1n) is 7.45. The Balaban J connectivity index is 0.00000220. The van der Waals surface area contributed by atoms with Crippen LogP contribution in [-0.4, -0.2) is 25.6 Å². The minimum Gasteiger partial charge on any atom is -0.357 e. The maximum Gasteiger partial charge on any atom is 0.191 e. The smallest absolute Gasteiger partial charge is 0.191 e. The number of nitrogens with one attached hydrogen (secondary N) is 2. The van der Waals surface area contributed by atoms with E-state index in [2.05, 4.69) is 54.5 Å². The molecule has 0 radical (unpaired) electrons. The van der Waals surface area contributed by atoms with Crippen molar-refractivity contribution in [3.8, 4) is 0 Å². The average Bonchev–Trinajstić information content (AvgIpc) is 3.23. The number of halogens is 1. The molecule has 0 amide bonds. The van der Waals surface area contributed by atoms with Crippen molar-refractivity contribution in [3.63, 3.8) is 0 Å². The molecule has 2 rings (SSSR count). The molecular weight excluding hydrogens is 373 g/mol. The van der Waals surface area contributed by atoms with Crippen molar-refractivity contribution in [2.24, 2.45) is 10.4 Å². The topological polar surface area (TPSA) is 36.4 Å². The van der Waals surface area contributed by atoms with Crippen LogP contribution < -0.4 is 10.6 Å². The van der Waals surface area contributed by atoms with Crippen LogP contribution in [0.5, 0.6) is 0 Å². The highest BCUT2D eigenvalue weighted by molar-refractivity contribution is 14.0. The van der Waals surface area contributed by atoms with Crippen LogP contribution >= 0.6 is 24.0 Å². The lowest BCUT2D eigenvalue weighted by atomic mass is 9.97. The Morgan fingerprint density at radius 3 is 2.57 bits per heavy atom. The zero-order valence-corrected chi connectivity index (χ0v) is 15.1. The van der Waals surface area contributed by atoms with Gasteiger partial charge in [0.1, 0.15) is 0 Å². The third kappa shape index (κ3) is 6.08. The molecule has 0 heterocycles. The lowest BCUT2D eigenvalue weighted by Gasteiger charge is -2.15. The summed E-state index contributed by atoms with van der Waals surface area (Å²) in [5.74, 6) is 0.895. The third-order valence-electron chi connectivity index (χ3n) is 3.71. The Labute approximate surface area is 145 Å². The van der Waals surface area contributed by atoms with Crippen LogP contribution in [0, 0.1) is 5.41 Å². The zero-order valence-electron chi connectivity index (χ0n) is 12.8. The van der Waals surface area contributed by atoms with E-state index in [4.69, 9.17) is 4.99 Å². The normalized spacial score (nSPS) is 15.8. The van der Waals surface area contributed by atoms with E-state index in [1.807, 2.05) is 6.08 Å². The van der Waals surface area contributed by atoms with Gasteiger partial charge in [-0.1, -0.05) is 36.4 Å². The van der Waals surface area contributed by atoms with Crippen molar-refractivity contribution >= 4 is 29.9 Å². The van der Waals surface area contributed by atoms with Gasteiger partial charge in [0, 0.05) is 19.6 Å². The molecule has 0 bridgehead atoms. The lowest BCUT2D eigenvalue weighted by Crippen LogP contribution is -2.37. The van der Waals surface area contributed by atoms with E-state index >= 15 is 0 Å². The minimum atomic E-state index is 0. The van der Waals surface area contributed by atoms with Gasteiger partial charge in [-0.25, -0.2) is 0 Å². The second kappa shape index (κ2) is 9.07. The Hall–Kier alpha value is -1.04. The number of hydrogen-bond donors (Lipinski definition) is 2. The Kier molecular flexibility index (Phi) is 7.78. The molecule has 0 aliphatic heterocycles. The van der Waals surface area contributed by atoms with Crippen molar-refractivity contribution in [1.29, 1.82) is 0 Å². The van der Waals surface area contributed by atoms with Crippen LogP contribution in [0.1, 0.15) is 25.3 Å². The maximum atomic E-state index is 4.73. The van der Waals surface area contributed by atoms with Gasteiger partial charge in [-0.2, -0.15) is 0 Å². The van der Waals surface area contributed by atoms with Gasteiger partial charge in [-0.15, -0.1) is 30.6 Å². The summed E-state index contributed by atoms with van der Waals surface area (Å²) in [7, 11) is 0. The Morgan fingerprint density at radius 2 is 2.00 bits per heavy atom. The molecule has 0 aromatic heterocycles. The van der Waals surface area contributed by atoms with Gasteiger partial charge in [0.2, 0.25) is 0 Å². The maximum absolute atomic E-state index is 4.73. The van der Waals surface area contributed by atoms with Crippen molar-refractivity contribution < 1.29 is 0 Å². The monoisotopic (exact) mass is 399 g/mol. The molecule has 3 nitrogen and oxygen atoms in total. The number of aliphatic imine (C=N–C) groups is 1. The summed E-state index contributed by atoms with van der Waals surface area (Å²) < 4.78 is 0. The van der Waals surface area contributed by atoms with E-state index < -0.39 is 0 Å². The summed E-state index contributed by atoms with van der Waals surface area (Å²) in [4.78, 5) is 4.73. The standard InChI is InChI=1S/C17H25N3.HI/c1-3-12-19-16(18-4-2)20-14-17(10-11-17)13-15-8-6-5-7-9-15;/h3,5-9H,1,4,10-14H2,2H3,(H2,18,19,20);1H. The number of hydrogen-bond acceptors (Lipinski definition) is 1. The molecule has 1 aromatic rings. The quantitative estimate of drug-likeness (QED) is 0.319. The summed E-state index contributed by atoms with van der Waals surface area (Å²) in [5.41, 5.74) is 1.81. The van der Waals surface area contributed by atoms with Gasteiger partial charge in [-0.3, -0.25) is 4.99 Å². The molecule has 116 valence electrons. The highest BCUT2D eigenvalue weighted by Crippen LogP contribution is 2.48. The van der Waals surface area contributed by atoms with Crippen LogP contribution in [0.3, 0.4) is 0 Å². The number of rotatable bonds is 7. The van der Waals surface area contributed by atoms with E-state index in [1.165, 1.54) is 18.4 Å². The highest BCUT2D eigenvalue weighted by Gasteiger charge is 2.42. The average molecular weight is 399 g/mol. The van der Waals surface area contributed by atoms with Crippen molar-refractivity contribution in [3.05, 3.63) is 48.6 Å². The second-order valence-corrected chi connectivity index (χ2v) is 5.53. The SMILES string of the molecule is C=CCNC(=NCC1(Cc2ccccc2)CC1)NCC.I. The van der Waals surface area contributed by atoms with Crippen molar-refractivity contribution in [1.82, 2.24) is 10.6 Å². The van der Waals surface area contributed by atoms with Gasteiger partial charge in [-0.05, 0) is 37.2 Å². The van der Waals surface area contributed by atoms with E-state index in [0.29, 0.717) is 5.41 Å². The fraction of sp³-hybridized carbons (Fsp3) is 0.471. The van der Waals surface area contributed by atoms with Gasteiger partial charge in [0.25, 0.3) is 0 Å². The van der Waals surface area contributed by atoms with Crippen LogP contribution in [0.2, 0.25) is 0 Å². The Bertz CT molecular complexity index is 452. The summed E-state index contributed by atoms with van der Waals surface area (Å²) >= 11 is 0. The molecule has 2 N–H and O–H groups in total. The van der Waals surface area contributed by atoms with E-state index in [9.17, 15) is 0 Å². The second-order valence-electron chi connectivity index (χ2n) is 5.53. The molecule has 0 spiro atoms. The molecule has 1 aliphatic rings. The summed E-state index contributed by atoms with van der Waals surface area (Å²) in [6, 6.07) is 10.7. The molecule has 0 atom stereocenters. The van der Waals surface area contributed by atoms with Gasteiger partial charge >= 0.3 is 0 Å². The van der Waals surface area contributed by atoms with Gasteiger partial charge in [0.15, 0.2) is 5.96 Å². The summed E-state index contributed by atoms with van der Waals surface area (Å²) in [5, 5.41) is 6.53. The third-order valence-corrected chi connectivity index (χ3v) is 3.71. The number of benzene rings is 1. The summed E-state index contributed by atoms with van der Waals surface area (Å²) in [6.07, 6.45) is 5.56. The van der Waals surface area contributed by atoms with Crippen LogP contribution in [0.25, 0.3) is 0 Å². The fourth-order valence-electron chi connectivity index (χ4n) is 2.35. The molecule has 1 fully saturated rings. The number of guanidine groups is 1. The molecule has 4 heteroatoms. The summed E-state index contributed by atoms with van der Waals surface area (Å²) in [6.45, 7) is 8.34. The van der Waals surface area contributed by atoms with Crippen LogP contribution in [0.4, 0.5) is 0 Å². The first kappa shape index (κ1) is 18.0. The lowest BCUT2D eigenvalue weighted by molar-refractivity contribution is 0.520. The fourth-order valence-corrected chi connectivity index (χ4v) is 2.35. The van der Waals surface area contributed by atoms with Crippen molar-refractivity contribution in [2.75, 3.05) is 19.6 Å².